The number of hydrogen-bond donors (Lipinski definition) is 3. The zero-order valence-electron chi connectivity index (χ0n) is 13.9. The first-order chi connectivity index (χ1) is 12.6. The van der Waals surface area contributed by atoms with Crippen molar-refractivity contribution in [3.63, 3.8) is 0 Å². The molecule has 7 heteroatoms. The van der Waals surface area contributed by atoms with E-state index in [0.717, 1.165) is 0 Å². The topological polar surface area (TPSA) is 83.4 Å². The van der Waals surface area contributed by atoms with Crippen molar-refractivity contribution < 1.29 is 18.4 Å². The lowest BCUT2D eigenvalue weighted by molar-refractivity contribution is 0.0997. The zero-order chi connectivity index (χ0) is 18.5. The number of rotatable bonds is 4. The minimum absolute atomic E-state index is 0.0656. The third-order valence-corrected chi connectivity index (χ3v) is 3.60. The van der Waals surface area contributed by atoms with E-state index in [9.17, 15) is 14.0 Å². The maximum absolute atomic E-state index is 13.8. The van der Waals surface area contributed by atoms with E-state index < -0.39 is 11.7 Å². The Labute approximate surface area is 149 Å². The molecule has 3 aromatic rings. The Morgan fingerprint density at radius 1 is 0.885 bits per heavy atom. The molecule has 3 rings (SSSR count). The molecule has 0 radical (unpaired) electrons. The summed E-state index contributed by atoms with van der Waals surface area (Å²) < 4.78 is 19.2. The second-order valence-corrected chi connectivity index (χ2v) is 5.38. The summed E-state index contributed by atoms with van der Waals surface area (Å²) in [4.78, 5) is 23.5. The van der Waals surface area contributed by atoms with Gasteiger partial charge in [-0.3, -0.25) is 4.79 Å². The van der Waals surface area contributed by atoms with Crippen LogP contribution in [0.4, 0.5) is 20.6 Å². The van der Waals surface area contributed by atoms with Crippen molar-refractivity contribution in [3.05, 3.63) is 72.2 Å². The largest absolute Gasteiger partial charge is 0.451 e. The summed E-state index contributed by atoms with van der Waals surface area (Å²) in [5, 5.41) is 7.73. The fourth-order valence-electron chi connectivity index (χ4n) is 2.29. The number of furan rings is 1. The summed E-state index contributed by atoms with van der Waals surface area (Å²) in [6, 6.07) is 15.5. The number of hydrogen-bond acceptors (Lipinski definition) is 3. The number of halogens is 1. The first kappa shape index (κ1) is 17.2. The van der Waals surface area contributed by atoms with Gasteiger partial charge in [-0.1, -0.05) is 12.1 Å². The predicted molar refractivity (Wildman–Crippen MR) is 96.6 cm³/mol. The number of carbonyl (C=O) groups is 2. The highest BCUT2D eigenvalue weighted by atomic mass is 19.1. The second kappa shape index (κ2) is 7.52. The van der Waals surface area contributed by atoms with E-state index in [0.29, 0.717) is 11.4 Å². The van der Waals surface area contributed by atoms with E-state index in [1.165, 1.54) is 19.2 Å². The SMILES string of the molecule is CNC(=O)Nc1ccc(NC(=O)c2ccc(-c3ccccc3F)o2)cc1. The standard InChI is InChI=1S/C19H16FN3O3/c1-21-19(25)23-13-8-6-12(7-9-13)22-18(24)17-11-10-16(26-17)14-4-2-3-5-15(14)20/h2-11H,1H3,(H,22,24)(H2,21,23,25). The van der Waals surface area contributed by atoms with Gasteiger partial charge in [-0.05, 0) is 48.5 Å². The molecule has 3 amide bonds. The van der Waals surface area contributed by atoms with Gasteiger partial charge < -0.3 is 20.4 Å². The molecule has 1 aromatic heterocycles. The van der Waals surface area contributed by atoms with Crippen LogP contribution < -0.4 is 16.0 Å². The fourth-order valence-corrected chi connectivity index (χ4v) is 2.29. The van der Waals surface area contributed by atoms with Gasteiger partial charge in [0.15, 0.2) is 5.76 Å². The predicted octanol–water partition coefficient (Wildman–Crippen LogP) is 4.09. The summed E-state index contributed by atoms with van der Waals surface area (Å²) in [5.74, 6) is -0.540. The van der Waals surface area contributed by atoms with E-state index in [1.54, 1.807) is 48.5 Å². The summed E-state index contributed by atoms with van der Waals surface area (Å²) in [5.41, 5.74) is 1.40. The highest BCUT2D eigenvalue weighted by molar-refractivity contribution is 6.02. The van der Waals surface area contributed by atoms with Gasteiger partial charge in [0.2, 0.25) is 0 Å². The minimum atomic E-state index is -0.459. The van der Waals surface area contributed by atoms with Crippen molar-refractivity contribution in [3.8, 4) is 11.3 Å². The Kier molecular flexibility index (Phi) is 4.98. The molecule has 2 aromatic carbocycles. The average molecular weight is 353 g/mol. The number of urea groups is 1. The quantitative estimate of drug-likeness (QED) is 0.661. The van der Waals surface area contributed by atoms with E-state index in [4.69, 9.17) is 4.42 Å². The molecule has 0 atom stereocenters. The molecule has 0 aliphatic rings. The number of benzene rings is 2. The van der Waals surface area contributed by atoms with Crippen LogP contribution >= 0.6 is 0 Å². The monoisotopic (exact) mass is 353 g/mol. The maximum atomic E-state index is 13.8. The van der Waals surface area contributed by atoms with Crippen LogP contribution in [0.25, 0.3) is 11.3 Å². The van der Waals surface area contributed by atoms with Crippen LogP contribution in [-0.2, 0) is 0 Å². The van der Waals surface area contributed by atoms with Crippen LogP contribution in [0.3, 0.4) is 0 Å². The highest BCUT2D eigenvalue weighted by Crippen LogP contribution is 2.25. The lowest BCUT2D eigenvalue weighted by Crippen LogP contribution is -2.24. The Morgan fingerprint density at radius 2 is 1.54 bits per heavy atom. The molecule has 0 spiro atoms. The van der Waals surface area contributed by atoms with Crippen LogP contribution in [0.2, 0.25) is 0 Å². The van der Waals surface area contributed by atoms with Crippen LogP contribution in [-0.4, -0.2) is 19.0 Å². The van der Waals surface area contributed by atoms with E-state index in [1.807, 2.05) is 0 Å². The van der Waals surface area contributed by atoms with Gasteiger partial charge in [-0.25, -0.2) is 9.18 Å². The number of carbonyl (C=O) groups excluding carboxylic acids is 2. The Bertz CT molecular complexity index is 935. The van der Waals surface area contributed by atoms with Gasteiger partial charge in [0.05, 0.1) is 5.56 Å². The average Bonchev–Trinajstić information content (AvgIpc) is 3.13. The van der Waals surface area contributed by atoms with Crippen LogP contribution in [0, 0.1) is 5.82 Å². The van der Waals surface area contributed by atoms with Crippen LogP contribution in [0.15, 0.2) is 65.1 Å². The molecular weight excluding hydrogens is 337 g/mol. The first-order valence-electron chi connectivity index (χ1n) is 7.81. The molecule has 3 N–H and O–H groups in total. The van der Waals surface area contributed by atoms with Crippen molar-refractivity contribution >= 4 is 23.3 Å². The molecule has 0 fully saturated rings. The molecule has 0 aliphatic heterocycles. The van der Waals surface area contributed by atoms with Crippen molar-refractivity contribution in [2.75, 3.05) is 17.7 Å². The Morgan fingerprint density at radius 3 is 2.19 bits per heavy atom. The minimum Gasteiger partial charge on any atom is -0.451 e. The van der Waals surface area contributed by atoms with E-state index in [2.05, 4.69) is 16.0 Å². The summed E-state index contributed by atoms with van der Waals surface area (Å²) >= 11 is 0. The number of amides is 3. The lowest BCUT2D eigenvalue weighted by atomic mass is 10.1. The van der Waals surface area contributed by atoms with Gasteiger partial charge in [0.25, 0.3) is 5.91 Å². The third-order valence-electron chi connectivity index (χ3n) is 3.60. The first-order valence-corrected chi connectivity index (χ1v) is 7.81. The summed E-state index contributed by atoms with van der Waals surface area (Å²) in [6.45, 7) is 0. The molecular formula is C19H16FN3O3. The highest BCUT2D eigenvalue weighted by Gasteiger charge is 2.14. The van der Waals surface area contributed by atoms with Crippen LogP contribution in [0.5, 0.6) is 0 Å². The molecule has 1 heterocycles. The summed E-state index contributed by atoms with van der Waals surface area (Å²) in [6.07, 6.45) is 0. The van der Waals surface area contributed by atoms with Gasteiger partial charge in [-0.15, -0.1) is 0 Å². The fraction of sp³-hybridized carbons (Fsp3) is 0.0526. The van der Waals surface area contributed by atoms with E-state index in [-0.39, 0.29) is 23.1 Å². The van der Waals surface area contributed by atoms with Crippen LogP contribution in [0.1, 0.15) is 10.6 Å². The number of anilines is 2. The van der Waals surface area contributed by atoms with Crippen molar-refractivity contribution in [2.45, 2.75) is 0 Å². The molecule has 0 bridgehead atoms. The van der Waals surface area contributed by atoms with Gasteiger partial charge >= 0.3 is 6.03 Å². The molecule has 0 unspecified atom stereocenters. The van der Waals surface area contributed by atoms with Gasteiger partial charge in [0.1, 0.15) is 11.6 Å². The Balaban J connectivity index is 1.69. The molecule has 0 aliphatic carbocycles. The van der Waals surface area contributed by atoms with Crippen molar-refractivity contribution in [1.82, 2.24) is 5.32 Å². The van der Waals surface area contributed by atoms with E-state index >= 15 is 0 Å². The normalized spacial score (nSPS) is 10.2. The molecule has 26 heavy (non-hydrogen) atoms. The summed E-state index contributed by atoms with van der Waals surface area (Å²) in [7, 11) is 1.52. The zero-order valence-corrected chi connectivity index (χ0v) is 13.9. The van der Waals surface area contributed by atoms with Gasteiger partial charge in [-0.2, -0.15) is 0 Å². The second-order valence-electron chi connectivity index (χ2n) is 5.38. The number of nitrogens with one attached hydrogen (secondary N) is 3. The lowest BCUT2D eigenvalue weighted by Gasteiger charge is -2.06. The molecule has 6 nitrogen and oxygen atoms in total. The molecule has 132 valence electrons. The maximum Gasteiger partial charge on any atom is 0.318 e. The Hall–Kier alpha value is -3.61. The van der Waals surface area contributed by atoms with Gasteiger partial charge in [0, 0.05) is 18.4 Å². The van der Waals surface area contributed by atoms with Crippen molar-refractivity contribution in [2.24, 2.45) is 0 Å². The third kappa shape index (κ3) is 3.89. The van der Waals surface area contributed by atoms with Crippen molar-refractivity contribution in [1.29, 1.82) is 0 Å². The molecule has 0 saturated heterocycles. The molecule has 0 saturated carbocycles. The smallest absolute Gasteiger partial charge is 0.318 e.